The summed E-state index contributed by atoms with van der Waals surface area (Å²) in [5.41, 5.74) is 2.05. The molecular formula is C18H13Cl2N3OS. The highest BCUT2D eigenvalue weighted by molar-refractivity contribution is 7.98. The Hall–Kier alpha value is -1.95. The molecular weight excluding hydrogens is 377 g/mol. The Kier molecular flexibility index (Phi) is 4.70. The average Bonchev–Trinajstić information content (AvgIpc) is 2.63. The van der Waals surface area contributed by atoms with E-state index in [9.17, 15) is 0 Å². The fourth-order valence-corrected chi connectivity index (χ4v) is 3.61. The molecule has 0 fully saturated rings. The van der Waals surface area contributed by atoms with E-state index in [1.807, 2.05) is 36.5 Å². The zero-order valence-corrected chi connectivity index (χ0v) is 15.4. The maximum Gasteiger partial charge on any atom is 0.219 e. The van der Waals surface area contributed by atoms with Crippen LogP contribution in [-0.2, 0) is 0 Å². The Bertz CT molecular complexity index is 876. The van der Waals surface area contributed by atoms with Gasteiger partial charge in [-0.15, -0.1) is 0 Å². The van der Waals surface area contributed by atoms with Crippen LogP contribution in [0.2, 0.25) is 5.02 Å². The number of ether oxygens (including phenoxy) is 1. The lowest BCUT2D eigenvalue weighted by Gasteiger charge is -2.30. The molecule has 4 nitrogen and oxygen atoms in total. The zero-order chi connectivity index (χ0) is 17.2. The van der Waals surface area contributed by atoms with Crippen molar-refractivity contribution in [2.75, 3.05) is 12.3 Å². The standard InChI is InChI=1S/C18H13Cl2N3OS/c19-13-3-6-17(21-10-13)24-15-4-1-12(2-5-15)16-9-14(20)11-23-7-8-25-22-18(16)23/h1-6,9-11H,7-8H2. The molecule has 2 aliphatic heterocycles. The molecule has 0 N–H and O–H groups in total. The van der Waals surface area contributed by atoms with Crippen LogP contribution in [-0.4, -0.2) is 28.0 Å². The van der Waals surface area contributed by atoms with Crippen LogP contribution >= 0.6 is 35.1 Å². The first-order valence-corrected chi connectivity index (χ1v) is 9.35. The molecule has 1 aromatic carbocycles. The van der Waals surface area contributed by atoms with Crippen molar-refractivity contribution < 1.29 is 4.74 Å². The van der Waals surface area contributed by atoms with Crippen molar-refractivity contribution in [3.8, 4) is 11.6 Å². The Morgan fingerprint density at radius 2 is 1.92 bits per heavy atom. The summed E-state index contributed by atoms with van der Waals surface area (Å²) >= 11 is 13.7. The Labute approximate surface area is 160 Å². The van der Waals surface area contributed by atoms with E-state index < -0.39 is 0 Å². The number of hydrogen-bond donors (Lipinski definition) is 0. The Morgan fingerprint density at radius 1 is 1.08 bits per heavy atom. The van der Waals surface area contributed by atoms with Gasteiger partial charge >= 0.3 is 0 Å². The fraction of sp³-hybridized carbons (Fsp3) is 0.111. The van der Waals surface area contributed by atoms with Crippen LogP contribution in [0.5, 0.6) is 11.6 Å². The maximum atomic E-state index is 6.27. The highest BCUT2D eigenvalue weighted by Gasteiger charge is 2.23. The van der Waals surface area contributed by atoms with Gasteiger partial charge in [0.15, 0.2) is 0 Å². The van der Waals surface area contributed by atoms with Gasteiger partial charge in [-0.25, -0.2) is 4.98 Å². The van der Waals surface area contributed by atoms with Gasteiger partial charge in [-0.05, 0) is 41.8 Å². The third kappa shape index (κ3) is 3.68. The minimum atomic E-state index is 0.499. The molecule has 1 aromatic heterocycles. The van der Waals surface area contributed by atoms with Gasteiger partial charge in [0, 0.05) is 36.3 Å². The molecule has 4 rings (SSSR count). The summed E-state index contributed by atoms with van der Waals surface area (Å²) in [5.74, 6) is 3.10. The van der Waals surface area contributed by atoms with Crippen LogP contribution in [0.25, 0.3) is 5.57 Å². The number of amidine groups is 1. The molecule has 0 atom stereocenters. The second-order valence-corrected chi connectivity index (χ2v) is 7.18. The van der Waals surface area contributed by atoms with E-state index in [2.05, 4.69) is 14.3 Å². The number of pyridine rings is 1. The molecule has 0 spiro atoms. The lowest BCUT2D eigenvalue weighted by molar-refractivity contribution is 0.463. The van der Waals surface area contributed by atoms with Crippen LogP contribution in [0.4, 0.5) is 0 Å². The quantitative estimate of drug-likeness (QED) is 0.661. The molecule has 2 aromatic rings. The summed E-state index contributed by atoms with van der Waals surface area (Å²) in [6.07, 6.45) is 5.42. The molecule has 2 aliphatic rings. The van der Waals surface area contributed by atoms with Crippen LogP contribution in [0, 0.1) is 0 Å². The smallest absolute Gasteiger partial charge is 0.219 e. The van der Waals surface area contributed by atoms with Gasteiger partial charge in [0.25, 0.3) is 0 Å². The van der Waals surface area contributed by atoms with Gasteiger partial charge in [0.2, 0.25) is 5.88 Å². The van der Waals surface area contributed by atoms with E-state index in [1.54, 1.807) is 30.3 Å². The number of halogens is 2. The largest absolute Gasteiger partial charge is 0.439 e. The van der Waals surface area contributed by atoms with E-state index in [4.69, 9.17) is 27.9 Å². The maximum absolute atomic E-state index is 6.27. The molecule has 0 aliphatic carbocycles. The Balaban J connectivity index is 1.58. The lowest BCUT2D eigenvalue weighted by Crippen LogP contribution is -2.33. The van der Waals surface area contributed by atoms with Crippen molar-refractivity contribution >= 4 is 46.6 Å². The lowest BCUT2D eigenvalue weighted by atomic mass is 10.0. The van der Waals surface area contributed by atoms with Crippen LogP contribution in [0.3, 0.4) is 0 Å². The van der Waals surface area contributed by atoms with Crippen LogP contribution in [0.1, 0.15) is 5.56 Å². The van der Waals surface area contributed by atoms with E-state index in [-0.39, 0.29) is 0 Å². The van der Waals surface area contributed by atoms with Gasteiger partial charge in [0.05, 0.1) is 10.1 Å². The fourth-order valence-electron chi connectivity index (χ4n) is 2.58. The summed E-state index contributed by atoms with van der Waals surface area (Å²) in [7, 11) is 0. The SMILES string of the molecule is ClC1=CN2CCSN=C2C(c2ccc(Oc3ccc(Cl)cn3)cc2)=C1. The first-order valence-electron chi connectivity index (χ1n) is 7.65. The van der Waals surface area contributed by atoms with E-state index in [1.165, 1.54) is 0 Å². The number of fused-ring (bicyclic) bond motifs is 1. The predicted octanol–water partition coefficient (Wildman–Crippen LogP) is 5.37. The second kappa shape index (κ2) is 7.12. The summed E-state index contributed by atoms with van der Waals surface area (Å²) in [4.78, 5) is 6.22. The third-order valence-corrected chi connectivity index (χ3v) is 4.83. The highest BCUT2D eigenvalue weighted by atomic mass is 35.5. The monoisotopic (exact) mass is 389 g/mol. The van der Waals surface area contributed by atoms with Crippen molar-refractivity contribution in [1.82, 2.24) is 9.88 Å². The minimum absolute atomic E-state index is 0.499. The number of rotatable bonds is 3. The number of benzene rings is 1. The van der Waals surface area contributed by atoms with Crippen molar-refractivity contribution in [3.63, 3.8) is 0 Å². The van der Waals surface area contributed by atoms with Crippen molar-refractivity contribution in [1.29, 1.82) is 0 Å². The molecule has 0 bridgehead atoms. The normalized spacial score (nSPS) is 16.6. The topological polar surface area (TPSA) is 37.7 Å². The third-order valence-electron chi connectivity index (χ3n) is 3.74. The molecule has 0 radical (unpaired) electrons. The number of allylic oxidation sites excluding steroid dienone is 2. The molecule has 0 amide bonds. The van der Waals surface area contributed by atoms with E-state index >= 15 is 0 Å². The molecule has 0 unspecified atom stereocenters. The summed E-state index contributed by atoms with van der Waals surface area (Å²) < 4.78 is 10.3. The minimum Gasteiger partial charge on any atom is -0.439 e. The molecule has 3 heterocycles. The van der Waals surface area contributed by atoms with Crippen molar-refractivity contribution in [3.05, 3.63) is 70.5 Å². The van der Waals surface area contributed by atoms with Gasteiger partial charge in [-0.3, -0.25) is 0 Å². The van der Waals surface area contributed by atoms with Gasteiger partial charge in [0.1, 0.15) is 11.6 Å². The number of hydrogen-bond acceptors (Lipinski definition) is 5. The first kappa shape index (κ1) is 16.5. The molecule has 7 heteroatoms. The van der Waals surface area contributed by atoms with Crippen molar-refractivity contribution in [2.45, 2.75) is 0 Å². The molecule has 0 saturated carbocycles. The van der Waals surface area contributed by atoms with E-state index in [0.29, 0.717) is 21.7 Å². The molecule has 0 saturated heterocycles. The van der Waals surface area contributed by atoms with Gasteiger partial charge in [-0.2, -0.15) is 4.40 Å². The molecule has 25 heavy (non-hydrogen) atoms. The Morgan fingerprint density at radius 3 is 2.68 bits per heavy atom. The average molecular weight is 390 g/mol. The first-order chi connectivity index (χ1) is 12.2. The van der Waals surface area contributed by atoms with Crippen molar-refractivity contribution in [2.24, 2.45) is 4.40 Å². The van der Waals surface area contributed by atoms with Crippen LogP contribution < -0.4 is 4.74 Å². The summed E-state index contributed by atoms with van der Waals surface area (Å²) in [6, 6.07) is 11.3. The molecule has 126 valence electrons. The van der Waals surface area contributed by atoms with Gasteiger partial charge in [-0.1, -0.05) is 35.3 Å². The highest BCUT2D eigenvalue weighted by Crippen LogP contribution is 2.32. The van der Waals surface area contributed by atoms with Crippen LogP contribution in [0.15, 0.2) is 64.3 Å². The second-order valence-electron chi connectivity index (χ2n) is 5.45. The zero-order valence-electron chi connectivity index (χ0n) is 13.0. The van der Waals surface area contributed by atoms with E-state index in [0.717, 1.165) is 29.3 Å². The van der Waals surface area contributed by atoms with Gasteiger partial charge < -0.3 is 9.64 Å². The number of aromatic nitrogens is 1. The summed E-state index contributed by atoms with van der Waals surface area (Å²) in [5, 5.41) is 1.28. The predicted molar refractivity (Wildman–Crippen MR) is 104 cm³/mol. The number of nitrogens with zero attached hydrogens (tertiary/aromatic N) is 3. The summed E-state index contributed by atoms with van der Waals surface area (Å²) in [6.45, 7) is 0.903.